The van der Waals surface area contributed by atoms with Gasteiger partial charge in [0.15, 0.2) is 0 Å². The first-order valence-electron chi connectivity index (χ1n) is 10.4. The van der Waals surface area contributed by atoms with Crippen molar-refractivity contribution in [3.63, 3.8) is 0 Å². The molecule has 1 saturated carbocycles. The predicted octanol–water partition coefficient (Wildman–Crippen LogP) is 2.92. The first-order valence-corrected chi connectivity index (χ1v) is 10.4. The molecule has 1 aliphatic carbocycles. The Morgan fingerprint density at radius 1 is 1.39 bits per heavy atom. The van der Waals surface area contributed by atoms with E-state index in [4.69, 9.17) is 4.74 Å². The van der Waals surface area contributed by atoms with Crippen LogP contribution in [0.2, 0.25) is 0 Å². The lowest BCUT2D eigenvalue weighted by Crippen LogP contribution is -2.36. The predicted molar refractivity (Wildman–Crippen MR) is 120 cm³/mol. The highest BCUT2D eigenvalue weighted by Crippen LogP contribution is 2.41. The van der Waals surface area contributed by atoms with Crippen molar-refractivity contribution < 1.29 is 9.53 Å². The third-order valence-corrected chi connectivity index (χ3v) is 5.24. The van der Waals surface area contributed by atoms with Crippen molar-refractivity contribution in [2.24, 2.45) is 5.92 Å². The number of nitrogens with one attached hydrogen (secondary N) is 3. The molecule has 0 radical (unpaired) electrons. The van der Waals surface area contributed by atoms with Crippen LogP contribution in [-0.2, 0) is 9.53 Å². The van der Waals surface area contributed by atoms with Gasteiger partial charge in [0.05, 0.1) is 29.9 Å². The van der Waals surface area contributed by atoms with Gasteiger partial charge in [-0.2, -0.15) is 5.26 Å². The maximum absolute atomic E-state index is 12.1. The Labute approximate surface area is 183 Å². The van der Waals surface area contributed by atoms with E-state index in [1.807, 2.05) is 43.3 Å². The molecule has 31 heavy (non-hydrogen) atoms. The minimum atomic E-state index is -0.538. The lowest BCUT2D eigenvalue weighted by molar-refractivity contribution is -0.116. The van der Waals surface area contributed by atoms with Gasteiger partial charge in [0, 0.05) is 31.8 Å². The van der Waals surface area contributed by atoms with Crippen LogP contribution in [0.25, 0.3) is 6.08 Å². The number of methoxy groups -OCH3 is 1. The van der Waals surface area contributed by atoms with Crippen LogP contribution in [0.15, 0.2) is 42.4 Å². The minimum absolute atomic E-state index is 0.000343. The Kier molecular flexibility index (Phi) is 7.95. The smallest absolute Gasteiger partial charge is 0.225 e. The summed E-state index contributed by atoms with van der Waals surface area (Å²) in [4.78, 5) is 21.0. The van der Waals surface area contributed by atoms with Crippen molar-refractivity contribution in [2.45, 2.75) is 31.5 Å². The van der Waals surface area contributed by atoms with Crippen molar-refractivity contribution in [3.05, 3.63) is 53.6 Å². The van der Waals surface area contributed by atoms with Crippen LogP contribution < -0.4 is 10.6 Å². The van der Waals surface area contributed by atoms with Gasteiger partial charge in [-0.05, 0) is 56.6 Å². The highest BCUT2D eigenvalue weighted by atomic mass is 16.5. The van der Waals surface area contributed by atoms with Gasteiger partial charge < -0.3 is 19.9 Å². The minimum Gasteiger partial charge on any atom is -0.362 e. The molecular weight excluding hydrogens is 392 g/mol. The third-order valence-electron chi connectivity index (χ3n) is 5.24. The molecule has 3 N–H and O–H groups in total. The zero-order valence-corrected chi connectivity index (χ0v) is 18.3. The molecule has 2 aromatic rings. The molecule has 2 unspecified atom stereocenters. The molecule has 0 saturated heterocycles. The molecule has 1 aromatic carbocycles. The van der Waals surface area contributed by atoms with Gasteiger partial charge in [-0.1, -0.05) is 12.1 Å². The van der Waals surface area contributed by atoms with Gasteiger partial charge in [-0.25, -0.2) is 4.98 Å². The van der Waals surface area contributed by atoms with Crippen LogP contribution in [0.5, 0.6) is 0 Å². The van der Waals surface area contributed by atoms with Gasteiger partial charge in [-0.15, -0.1) is 0 Å². The van der Waals surface area contributed by atoms with Crippen LogP contribution in [0.3, 0.4) is 0 Å². The maximum atomic E-state index is 12.1. The topological polar surface area (TPSA) is 106 Å². The second-order valence-corrected chi connectivity index (χ2v) is 8.04. The van der Waals surface area contributed by atoms with E-state index in [9.17, 15) is 10.1 Å². The van der Waals surface area contributed by atoms with Crippen molar-refractivity contribution in [3.8, 4) is 6.07 Å². The van der Waals surface area contributed by atoms with Crippen molar-refractivity contribution >= 4 is 17.7 Å². The van der Waals surface area contributed by atoms with E-state index in [0.29, 0.717) is 24.5 Å². The van der Waals surface area contributed by atoms with Crippen LogP contribution in [-0.4, -0.2) is 54.8 Å². The number of hydrogen-bond acceptors (Lipinski definition) is 6. The molecule has 0 spiro atoms. The largest absolute Gasteiger partial charge is 0.362 e. The number of benzene rings is 1. The molecule has 1 aliphatic rings. The Morgan fingerprint density at radius 2 is 2.13 bits per heavy atom. The number of H-pyrrole nitrogens is 1. The van der Waals surface area contributed by atoms with Crippen molar-refractivity contribution in [2.75, 3.05) is 33.1 Å². The fourth-order valence-corrected chi connectivity index (χ4v) is 3.38. The molecule has 8 nitrogen and oxygen atoms in total. The van der Waals surface area contributed by atoms with Gasteiger partial charge in [0.25, 0.3) is 0 Å². The van der Waals surface area contributed by atoms with Crippen LogP contribution >= 0.6 is 0 Å². The molecule has 3 rings (SSSR count). The summed E-state index contributed by atoms with van der Waals surface area (Å²) in [6, 6.07) is 10.2. The lowest BCUT2D eigenvalue weighted by Gasteiger charge is -2.25. The average molecular weight is 423 g/mol. The van der Waals surface area contributed by atoms with Crippen LogP contribution in [0.4, 0.5) is 5.69 Å². The second-order valence-electron chi connectivity index (χ2n) is 8.04. The van der Waals surface area contributed by atoms with Crippen molar-refractivity contribution in [1.29, 1.82) is 5.26 Å². The molecule has 0 bridgehead atoms. The highest BCUT2D eigenvalue weighted by Gasteiger charge is 2.34. The van der Waals surface area contributed by atoms with Crippen LogP contribution in [0.1, 0.15) is 36.6 Å². The maximum Gasteiger partial charge on any atom is 0.225 e. The number of nitrogens with zero attached hydrogens (tertiary/aromatic N) is 3. The SMILES string of the molecule is COC(NC(c1ccc(NC(=O)CCN(C)C)cc1)C1CC1)/C(C#N)=C/c1cnc[nH]1. The molecule has 164 valence electrons. The van der Waals surface area contributed by atoms with Gasteiger partial charge >= 0.3 is 0 Å². The third kappa shape index (κ3) is 6.76. The molecule has 1 amide bonds. The number of hydrogen-bond donors (Lipinski definition) is 3. The molecule has 0 aliphatic heterocycles. The van der Waals surface area contributed by atoms with Gasteiger partial charge in [-0.3, -0.25) is 10.1 Å². The monoisotopic (exact) mass is 422 g/mol. The number of amides is 1. The number of aromatic amines is 1. The molecule has 1 fully saturated rings. The van der Waals surface area contributed by atoms with E-state index in [2.05, 4.69) is 26.7 Å². The summed E-state index contributed by atoms with van der Waals surface area (Å²) >= 11 is 0. The summed E-state index contributed by atoms with van der Waals surface area (Å²) < 4.78 is 5.61. The number of nitriles is 1. The quantitative estimate of drug-likeness (QED) is 0.380. The van der Waals surface area contributed by atoms with Gasteiger partial charge in [0.2, 0.25) is 5.91 Å². The Hall–Kier alpha value is -2.99. The number of carbonyl (C=O) groups excluding carboxylic acids is 1. The second kappa shape index (κ2) is 10.9. The molecule has 2 atom stereocenters. The Bertz CT molecular complexity index is 911. The first kappa shape index (κ1) is 22.7. The first-order chi connectivity index (χ1) is 15.0. The number of aromatic nitrogens is 2. The molecule has 1 heterocycles. The summed E-state index contributed by atoms with van der Waals surface area (Å²) in [5.74, 6) is 0.491. The van der Waals surface area contributed by atoms with Gasteiger partial charge in [0.1, 0.15) is 6.23 Å². The van der Waals surface area contributed by atoms with E-state index in [1.54, 1.807) is 25.7 Å². The molecular formula is C23H30N6O2. The number of imidazole rings is 1. The standard InChI is InChI=1S/C23H30N6O2/c1-29(2)11-10-21(30)27-19-8-6-17(7-9-19)22(16-4-5-16)28-23(31-3)18(13-24)12-20-14-25-15-26-20/h6-9,12,14-16,22-23,28H,4-5,10-11H2,1-3H3,(H,25,26)(H,27,30)/b18-12+. The number of rotatable bonds is 11. The summed E-state index contributed by atoms with van der Waals surface area (Å²) in [7, 11) is 5.48. The van der Waals surface area contributed by atoms with E-state index in [-0.39, 0.29) is 11.9 Å². The summed E-state index contributed by atoms with van der Waals surface area (Å²) in [6.45, 7) is 0.712. The number of carbonyl (C=O) groups is 1. The average Bonchev–Trinajstić information content (AvgIpc) is 3.47. The Balaban J connectivity index is 1.69. The molecule has 8 heteroatoms. The Morgan fingerprint density at radius 3 is 2.68 bits per heavy atom. The number of anilines is 1. The van der Waals surface area contributed by atoms with E-state index in [0.717, 1.165) is 29.8 Å². The lowest BCUT2D eigenvalue weighted by atomic mass is 10.0. The molecule has 1 aromatic heterocycles. The fraction of sp³-hybridized carbons (Fsp3) is 0.435. The summed E-state index contributed by atoms with van der Waals surface area (Å²) in [5, 5.41) is 16.1. The normalized spacial score (nSPS) is 16.0. The highest BCUT2D eigenvalue weighted by molar-refractivity contribution is 5.90. The van der Waals surface area contributed by atoms with E-state index < -0.39 is 6.23 Å². The van der Waals surface area contributed by atoms with E-state index >= 15 is 0 Å². The summed E-state index contributed by atoms with van der Waals surface area (Å²) in [5.41, 5.74) is 3.11. The van der Waals surface area contributed by atoms with Crippen LogP contribution in [0, 0.1) is 17.2 Å². The number of ether oxygens (including phenoxy) is 1. The van der Waals surface area contributed by atoms with Crippen molar-refractivity contribution in [1.82, 2.24) is 20.2 Å². The summed E-state index contributed by atoms with van der Waals surface area (Å²) in [6.07, 6.45) is 7.15. The van der Waals surface area contributed by atoms with E-state index in [1.165, 1.54) is 0 Å². The fourth-order valence-electron chi connectivity index (χ4n) is 3.38. The zero-order valence-electron chi connectivity index (χ0n) is 18.3. The zero-order chi connectivity index (χ0) is 22.2.